The molecule has 0 spiro atoms. The first-order valence-electron chi connectivity index (χ1n) is 7.36. The lowest BCUT2D eigenvalue weighted by molar-refractivity contribution is -0.0504. The van der Waals surface area contributed by atoms with E-state index >= 15 is 0 Å². The van der Waals surface area contributed by atoms with Gasteiger partial charge in [0, 0.05) is 28.9 Å². The molecule has 5 nitrogen and oxygen atoms in total. The molecule has 0 aliphatic carbocycles. The largest absolute Gasteiger partial charge is 0.434 e. The summed E-state index contributed by atoms with van der Waals surface area (Å²) in [6.45, 7) is -2.48. The van der Waals surface area contributed by atoms with E-state index in [1.165, 1.54) is 18.2 Å². The van der Waals surface area contributed by atoms with Crippen LogP contribution >= 0.6 is 35.6 Å². The van der Waals surface area contributed by atoms with Crippen LogP contribution in [-0.4, -0.2) is 19.7 Å². The van der Waals surface area contributed by atoms with Gasteiger partial charge in [0.05, 0.1) is 13.2 Å². The SMILES string of the molecule is COCc1ccccc1NC(N)=NCc1cc(Cl)ccc1OC(F)F.I. The fourth-order valence-electron chi connectivity index (χ4n) is 2.15. The molecule has 0 saturated carbocycles. The standard InChI is InChI=1S/C17H18ClF2N3O2.HI/c1-24-10-11-4-2-3-5-14(11)23-17(21)22-9-12-8-13(18)6-7-15(12)25-16(19)20;/h2-8,16H,9-10H2,1H3,(H3,21,22,23);1H. The van der Waals surface area contributed by atoms with Crippen molar-refractivity contribution in [2.24, 2.45) is 10.7 Å². The number of nitrogens with zero attached hydrogens (tertiary/aromatic N) is 1. The molecule has 0 unspecified atom stereocenters. The van der Waals surface area contributed by atoms with Crippen molar-refractivity contribution in [3.63, 3.8) is 0 Å². The summed E-state index contributed by atoms with van der Waals surface area (Å²) in [5, 5.41) is 3.36. The molecule has 142 valence electrons. The van der Waals surface area contributed by atoms with Crippen molar-refractivity contribution in [1.82, 2.24) is 0 Å². The Bertz CT molecular complexity index is 748. The molecule has 2 rings (SSSR count). The number of hydrogen-bond donors (Lipinski definition) is 2. The maximum Gasteiger partial charge on any atom is 0.387 e. The van der Waals surface area contributed by atoms with Gasteiger partial charge in [-0.2, -0.15) is 8.78 Å². The van der Waals surface area contributed by atoms with Gasteiger partial charge in [-0.25, -0.2) is 4.99 Å². The number of methoxy groups -OCH3 is 1. The Morgan fingerprint density at radius 2 is 1.96 bits per heavy atom. The Morgan fingerprint density at radius 3 is 2.65 bits per heavy atom. The molecule has 3 N–H and O–H groups in total. The van der Waals surface area contributed by atoms with E-state index in [4.69, 9.17) is 22.1 Å². The number of nitrogens with one attached hydrogen (secondary N) is 1. The summed E-state index contributed by atoms with van der Waals surface area (Å²) in [4.78, 5) is 4.16. The Balaban J connectivity index is 0.00000338. The van der Waals surface area contributed by atoms with E-state index in [2.05, 4.69) is 15.0 Å². The molecule has 0 aliphatic heterocycles. The smallest absolute Gasteiger partial charge is 0.387 e. The third-order valence-electron chi connectivity index (χ3n) is 3.24. The summed E-state index contributed by atoms with van der Waals surface area (Å²) >= 11 is 5.90. The van der Waals surface area contributed by atoms with E-state index in [0.29, 0.717) is 17.2 Å². The van der Waals surface area contributed by atoms with Gasteiger partial charge in [-0.3, -0.25) is 0 Å². The zero-order valence-corrected chi connectivity index (χ0v) is 17.0. The highest BCUT2D eigenvalue weighted by molar-refractivity contribution is 14.0. The van der Waals surface area contributed by atoms with Crippen molar-refractivity contribution in [2.45, 2.75) is 19.8 Å². The predicted octanol–water partition coefficient (Wildman–Crippen LogP) is 4.63. The van der Waals surface area contributed by atoms with Gasteiger partial charge in [0.2, 0.25) is 0 Å². The molecular formula is C17H19ClF2IN3O2. The van der Waals surface area contributed by atoms with Crippen molar-refractivity contribution < 1.29 is 18.3 Å². The molecule has 0 aliphatic rings. The van der Waals surface area contributed by atoms with Gasteiger partial charge < -0.3 is 20.5 Å². The van der Waals surface area contributed by atoms with Crippen LogP contribution in [0.2, 0.25) is 5.02 Å². The fraction of sp³-hybridized carbons (Fsp3) is 0.235. The molecule has 0 amide bonds. The predicted molar refractivity (Wildman–Crippen MR) is 110 cm³/mol. The molecule has 26 heavy (non-hydrogen) atoms. The highest BCUT2D eigenvalue weighted by Gasteiger charge is 2.10. The topological polar surface area (TPSA) is 68.9 Å². The first-order chi connectivity index (χ1) is 12.0. The van der Waals surface area contributed by atoms with Crippen LogP contribution < -0.4 is 15.8 Å². The molecule has 0 saturated heterocycles. The van der Waals surface area contributed by atoms with Crippen LogP contribution in [0.3, 0.4) is 0 Å². The van der Waals surface area contributed by atoms with Crippen molar-refractivity contribution in [1.29, 1.82) is 0 Å². The summed E-state index contributed by atoms with van der Waals surface area (Å²) in [5.74, 6) is 0.141. The minimum Gasteiger partial charge on any atom is -0.434 e. The van der Waals surface area contributed by atoms with Crippen LogP contribution in [0.1, 0.15) is 11.1 Å². The molecule has 0 bridgehead atoms. The molecule has 0 radical (unpaired) electrons. The Morgan fingerprint density at radius 1 is 1.23 bits per heavy atom. The second kappa shape index (κ2) is 11.1. The number of para-hydroxylation sites is 1. The summed E-state index contributed by atoms with van der Waals surface area (Å²) < 4.78 is 34.5. The normalized spacial score (nSPS) is 11.2. The van der Waals surface area contributed by atoms with Gasteiger partial charge in [-0.15, -0.1) is 24.0 Å². The van der Waals surface area contributed by atoms with Crippen molar-refractivity contribution in [3.8, 4) is 5.75 Å². The zero-order valence-electron chi connectivity index (χ0n) is 13.9. The second-order valence-electron chi connectivity index (χ2n) is 5.05. The minimum atomic E-state index is -2.93. The number of benzene rings is 2. The fourth-order valence-corrected chi connectivity index (χ4v) is 2.35. The Labute approximate surface area is 172 Å². The van der Waals surface area contributed by atoms with E-state index in [1.807, 2.05) is 24.3 Å². The van der Waals surface area contributed by atoms with Crippen molar-refractivity contribution >= 4 is 47.2 Å². The highest BCUT2D eigenvalue weighted by Crippen LogP contribution is 2.25. The summed E-state index contributed by atoms with van der Waals surface area (Å²) in [6, 6.07) is 11.8. The number of rotatable bonds is 7. The van der Waals surface area contributed by atoms with Gasteiger partial charge in [-0.05, 0) is 24.3 Å². The Kier molecular flexibility index (Phi) is 9.60. The lowest BCUT2D eigenvalue weighted by Gasteiger charge is -2.12. The van der Waals surface area contributed by atoms with Gasteiger partial charge in [-0.1, -0.05) is 29.8 Å². The molecule has 0 atom stereocenters. The zero-order chi connectivity index (χ0) is 18.2. The monoisotopic (exact) mass is 497 g/mol. The molecule has 2 aromatic rings. The van der Waals surface area contributed by atoms with Crippen LogP contribution in [0.25, 0.3) is 0 Å². The van der Waals surface area contributed by atoms with Crippen LogP contribution in [0.5, 0.6) is 5.75 Å². The van der Waals surface area contributed by atoms with Crippen molar-refractivity contribution in [3.05, 3.63) is 58.6 Å². The van der Waals surface area contributed by atoms with Crippen LogP contribution in [0, 0.1) is 0 Å². The van der Waals surface area contributed by atoms with E-state index in [9.17, 15) is 8.78 Å². The lowest BCUT2D eigenvalue weighted by atomic mass is 10.2. The average molecular weight is 498 g/mol. The molecule has 0 heterocycles. The van der Waals surface area contributed by atoms with Gasteiger partial charge in [0.1, 0.15) is 5.75 Å². The third-order valence-corrected chi connectivity index (χ3v) is 3.47. The number of hydrogen-bond acceptors (Lipinski definition) is 3. The number of ether oxygens (including phenoxy) is 2. The van der Waals surface area contributed by atoms with E-state index in [0.717, 1.165) is 11.3 Å². The number of halogens is 4. The highest BCUT2D eigenvalue weighted by atomic mass is 127. The van der Waals surface area contributed by atoms with Gasteiger partial charge >= 0.3 is 6.61 Å². The maximum absolute atomic E-state index is 12.5. The lowest BCUT2D eigenvalue weighted by Crippen LogP contribution is -2.23. The molecule has 0 fully saturated rings. The van der Waals surface area contributed by atoms with Crippen LogP contribution in [0.4, 0.5) is 14.5 Å². The number of guanidine groups is 1. The van der Waals surface area contributed by atoms with Gasteiger partial charge in [0.15, 0.2) is 5.96 Å². The first-order valence-corrected chi connectivity index (χ1v) is 7.74. The quantitative estimate of drug-likeness (QED) is 0.332. The molecule has 0 aromatic heterocycles. The molecule has 9 heteroatoms. The maximum atomic E-state index is 12.5. The van der Waals surface area contributed by atoms with E-state index in [1.54, 1.807) is 7.11 Å². The summed E-state index contributed by atoms with van der Waals surface area (Å²) in [6.07, 6.45) is 0. The summed E-state index contributed by atoms with van der Waals surface area (Å²) in [7, 11) is 1.60. The number of nitrogens with two attached hydrogens (primary N) is 1. The van der Waals surface area contributed by atoms with Crippen LogP contribution in [0.15, 0.2) is 47.5 Å². The van der Waals surface area contributed by atoms with Crippen molar-refractivity contribution in [2.75, 3.05) is 12.4 Å². The third kappa shape index (κ3) is 6.93. The number of anilines is 1. The molecule has 2 aromatic carbocycles. The minimum absolute atomic E-state index is 0. The number of aliphatic imine (C=N–C) groups is 1. The Hall–Kier alpha value is -1.65. The van der Waals surface area contributed by atoms with E-state index < -0.39 is 6.61 Å². The summed E-state index contributed by atoms with van der Waals surface area (Å²) in [5.41, 5.74) is 7.95. The number of alkyl halides is 2. The molecular weight excluding hydrogens is 479 g/mol. The second-order valence-corrected chi connectivity index (χ2v) is 5.48. The van der Waals surface area contributed by atoms with Gasteiger partial charge in [0.25, 0.3) is 0 Å². The van der Waals surface area contributed by atoms with E-state index in [-0.39, 0.29) is 42.2 Å². The van der Waals surface area contributed by atoms with Crippen LogP contribution in [-0.2, 0) is 17.9 Å². The average Bonchev–Trinajstić information content (AvgIpc) is 2.57. The first kappa shape index (κ1) is 22.4.